The Balaban J connectivity index is 1.82. The summed E-state index contributed by atoms with van der Waals surface area (Å²) in [5.74, 6) is -0.254. The molecule has 0 saturated carbocycles. The average molecular weight is 303 g/mol. The van der Waals surface area contributed by atoms with E-state index in [1.807, 2.05) is 0 Å². The first kappa shape index (κ1) is 15.6. The number of piperidine rings is 1. The van der Waals surface area contributed by atoms with Gasteiger partial charge in [0.1, 0.15) is 5.75 Å². The van der Waals surface area contributed by atoms with Crippen LogP contribution in [0.4, 0.5) is 13.2 Å². The zero-order valence-corrected chi connectivity index (χ0v) is 11.3. The van der Waals surface area contributed by atoms with E-state index in [0.717, 1.165) is 31.4 Å². The van der Waals surface area contributed by atoms with Gasteiger partial charge in [0, 0.05) is 13.1 Å². The Hall–Kier alpha value is -1.76. The molecule has 0 aliphatic carbocycles. The van der Waals surface area contributed by atoms with Crippen LogP contribution in [0, 0.1) is 0 Å². The Morgan fingerprint density at radius 1 is 1.29 bits per heavy atom. The van der Waals surface area contributed by atoms with Crippen molar-refractivity contribution in [2.45, 2.75) is 31.9 Å². The van der Waals surface area contributed by atoms with Crippen molar-refractivity contribution in [1.82, 2.24) is 4.90 Å². The summed E-state index contributed by atoms with van der Waals surface area (Å²) in [7, 11) is 0. The molecule has 1 aliphatic heterocycles. The zero-order chi connectivity index (χ0) is 15.3. The van der Waals surface area contributed by atoms with Crippen LogP contribution in [0.1, 0.15) is 18.4 Å². The minimum absolute atomic E-state index is 0.0324. The van der Waals surface area contributed by atoms with Gasteiger partial charge in [-0.3, -0.25) is 4.79 Å². The molecule has 0 N–H and O–H groups in total. The van der Waals surface area contributed by atoms with E-state index in [4.69, 9.17) is 4.74 Å². The van der Waals surface area contributed by atoms with Gasteiger partial charge < -0.3 is 14.4 Å². The van der Waals surface area contributed by atoms with Crippen LogP contribution in [0.15, 0.2) is 24.3 Å². The fraction of sp³-hybridized carbons (Fsp3) is 0.500. The van der Waals surface area contributed by atoms with Crippen LogP contribution < -0.4 is 4.74 Å². The first-order valence-corrected chi connectivity index (χ1v) is 6.62. The SMILES string of the molecule is O=CN1CCCC(OCc2ccc(OC(F)(F)F)cc2)C1. The number of carbonyl (C=O) groups excluding carboxylic acids is 1. The van der Waals surface area contributed by atoms with E-state index in [1.165, 1.54) is 24.3 Å². The molecule has 0 spiro atoms. The average Bonchev–Trinajstić information content (AvgIpc) is 2.45. The molecule has 4 nitrogen and oxygen atoms in total. The lowest BCUT2D eigenvalue weighted by molar-refractivity contribution is -0.274. The molecule has 21 heavy (non-hydrogen) atoms. The summed E-state index contributed by atoms with van der Waals surface area (Å²) in [6.07, 6.45) is -2.14. The lowest BCUT2D eigenvalue weighted by Crippen LogP contribution is -2.38. The van der Waals surface area contributed by atoms with Crippen molar-refractivity contribution in [2.24, 2.45) is 0 Å². The lowest BCUT2D eigenvalue weighted by atomic mass is 10.1. The van der Waals surface area contributed by atoms with Crippen molar-refractivity contribution in [1.29, 1.82) is 0 Å². The summed E-state index contributed by atoms with van der Waals surface area (Å²) in [6.45, 7) is 1.59. The summed E-state index contributed by atoms with van der Waals surface area (Å²) in [4.78, 5) is 12.4. The molecule has 1 unspecified atom stereocenters. The van der Waals surface area contributed by atoms with E-state index in [1.54, 1.807) is 4.90 Å². The predicted molar refractivity (Wildman–Crippen MR) is 68.6 cm³/mol. The van der Waals surface area contributed by atoms with E-state index < -0.39 is 6.36 Å². The molecule has 0 radical (unpaired) electrons. The molecule has 0 bridgehead atoms. The number of nitrogens with zero attached hydrogens (tertiary/aromatic N) is 1. The Morgan fingerprint density at radius 2 is 2.00 bits per heavy atom. The molecule has 116 valence electrons. The van der Waals surface area contributed by atoms with Gasteiger partial charge in [-0.1, -0.05) is 12.1 Å². The monoisotopic (exact) mass is 303 g/mol. The van der Waals surface area contributed by atoms with Crippen molar-refractivity contribution in [3.63, 3.8) is 0 Å². The molecule has 1 heterocycles. The lowest BCUT2D eigenvalue weighted by Gasteiger charge is -2.29. The molecule has 1 amide bonds. The van der Waals surface area contributed by atoms with E-state index in [-0.39, 0.29) is 11.9 Å². The number of likely N-dealkylation sites (tertiary alicyclic amines) is 1. The number of alkyl halides is 3. The zero-order valence-electron chi connectivity index (χ0n) is 11.3. The van der Waals surface area contributed by atoms with Gasteiger partial charge in [0.05, 0.1) is 12.7 Å². The maximum Gasteiger partial charge on any atom is 0.573 e. The Bertz CT molecular complexity index is 462. The van der Waals surface area contributed by atoms with Crippen LogP contribution in [0.2, 0.25) is 0 Å². The third kappa shape index (κ3) is 5.26. The molecule has 1 aliphatic rings. The molecule has 0 aromatic heterocycles. The first-order chi connectivity index (χ1) is 9.96. The Morgan fingerprint density at radius 3 is 2.62 bits per heavy atom. The van der Waals surface area contributed by atoms with E-state index in [9.17, 15) is 18.0 Å². The van der Waals surface area contributed by atoms with Crippen LogP contribution in [0.3, 0.4) is 0 Å². The number of rotatable bonds is 5. The normalized spacial score (nSPS) is 19.4. The summed E-state index contributed by atoms with van der Waals surface area (Å²) < 4.78 is 45.5. The van der Waals surface area contributed by atoms with Gasteiger partial charge in [-0.2, -0.15) is 0 Å². The number of hydrogen-bond acceptors (Lipinski definition) is 3. The number of carbonyl (C=O) groups is 1. The number of halogens is 3. The Kier molecular flexibility index (Phi) is 5.06. The maximum atomic E-state index is 12.0. The van der Waals surface area contributed by atoms with E-state index >= 15 is 0 Å². The second kappa shape index (κ2) is 6.80. The smallest absolute Gasteiger partial charge is 0.406 e. The number of hydrogen-bond donors (Lipinski definition) is 0. The molecule has 1 aromatic carbocycles. The quantitative estimate of drug-likeness (QED) is 0.785. The minimum Gasteiger partial charge on any atom is -0.406 e. The standard InChI is InChI=1S/C14H16F3NO3/c15-14(16,17)21-12-5-3-11(4-6-12)9-20-13-2-1-7-18(8-13)10-19/h3-6,10,13H,1-2,7-9H2. The highest BCUT2D eigenvalue weighted by atomic mass is 19.4. The molecule has 7 heteroatoms. The topological polar surface area (TPSA) is 38.8 Å². The van der Waals surface area contributed by atoms with Gasteiger partial charge in [-0.15, -0.1) is 13.2 Å². The van der Waals surface area contributed by atoms with Crippen LogP contribution >= 0.6 is 0 Å². The highest BCUT2D eigenvalue weighted by Gasteiger charge is 2.30. The summed E-state index contributed by atoms with van der Waals surface area (Å²) in [6, 6.07) is 5.57. The summed E-state index contributed by atoms with van der Waals surface area (Å²) >= 11 is 0. The van der Waals surface area contributed by atoms with E-state index in [0.29, 0.717) is 13.2 Å². The summed E-state index contributed by atoms with van der Waals surface area (Å²) in [5.41, 5.74) is 0.757. The molecule has 1 fully saturated rings. The van der Waals surface area contributed by atoms with Crippen molar-refractivity contribution >= 4 is 6.41 Å². The second-order valence-corrected chi connectivity index (χ2v) is 4.87. The van der Waals surface area contributed by atoms with E-state index in [2.05, 4.69) is 4.74 Å². The van der Waals surface area contributed by atoms with Gasteiger partial charge in [0.25, 0.3) is 0 Å². The predicted octanol–water partition coefficient (Wildman–Crippen LogP) is 2.72. The molecule has 1 atom stereocenters. The van der Waals surface area contributed by atoms with Crippen molar-refractivity contribution < 1.29 is 27.4 Å². The fourth-order valence-corrected chi connectivity index (χ4v) is 2.20. The number of amides is 1. The highest BCUT2D eigenvalue weighted by Crippen LogP contribution is 2.23. The van der Waals surface area contributed by atoms with Gasteiger partial charge in [-0.25, -0.2) is 0 Å². The van der Waals surface area contributed by atoms with Crippen molar-refractivity contribution in [2.75, 3.05) is 13.1 Å². The molecular formula is C14H16F3NO3. The van der Waals surface area contributed by atoms with Crippen molar-refractivity contribution in [3.8, 4) is 5.75 Å². The van der Waals surface area contributed by atoms with Gasteiger partial charge in [-0.05, 0) is 30.5 Å². The number of ether oxygens (including phenoxy) is 2. The van der Waals surface area contributed by atoms with Crippen LogP contribution in [0.5, 0.6) is 5.75 Å². The largest absolute Gasteiger partial charge is 0.573 e. The molecule has 1 aromatic rings. The van der Waals surface area contributed by atoms with Crippen LogP contribution in [-0.4, -0.2) is 36.9 Å². The number of benzene rings is 1. The molecule has 1 saturated heterocycles. The Labute approximate surface area is 120 Å². The third-order valence-corrected chi connectivity index (χ3v) is 3.20. The van der Waals surface area contributed by atoms with Gasteiger partial charge >= 0.3 is 6.36 Å². The van der Waals surface area contributed by atoms with Gasteiger partial charge in [0.15, 0.2) is 0 Å². The first-order valence-electron chi connectivity index (χ1n) is 6.62. The molecular weight excluding hydrogens is 287 g/mol. The van der Waals surface area contributed by atoms with Crippen LogP contribution in [-0.2, 0) is 16.1 Å². The minimum atomic E-state index is -4.68. The summed E-state index contributed by atoms with van der Waals surface area (Å²) in [5, 5.41) is 0. The van der Waals surface area contributed by atoms with Crippen molar-refractivity contribution in [3.05, 3.63) is 29.8 Å². The molecule has 2 rings (SSSR count). The highest BCUT2D eigenvalue weighted by molar-refractivity contribution is 5.47. The fourth-order valence-electron chi connectivity index (χ4n) is 2.20. The maximum absolute atomic E-state index is 12.0. The third-order valence-electron chi connectivity index (χ3n) is 3.20. The second-order valence-electron chi connectivity index (χ2n) is 4.87. The van der Waals surface area contributed by atoms with Crippen LogP contribution in [0.25, 0.3) is 0 Å². The van der Waals surface area contributed by atoms with Gasteiger partial charge in [0.2, 0.25) is 6.41 Å².